The summed E-state index contributed by atoms with van der Waals surface area (Å²) in [5.74, 6) is -32.3. The number of benzene rings is 2. The molecule has 2 aliphatic rings. The minimum Gasteiger partial charge on any atom is -0.327 e. The zero-order valence-electron chi connectivity index (χ0n) is 22.9. The molecule has 2 aromatic rings. The molecule has 0 saturated carbocycles. The van der Waals surface area contributed by atoms with Gasteiger partial charge < -0.3 is 4.90 Å². The van der Waals surface area contributed by atoms with E-state index in [0.29, 0.717) is 19.3 Å². The normalized spacial score (nSPS) is 21.1. The summed E-state index contributed by atoms with van der Waals surface area (Å²) in [5.41, 5.74) is -6.43. The van der Waals surface area contributed by atoms with Gasteiger partial charge >= 0.3 is 0 Å². The van der Waals surface area contributed by atoms with E-state index >= 15 is 26.3 Å². The number of rotatable bonds is 9. The zero-order valence-corrected chi connectivity index (χ0v) is 22.9. The van der Waals surface area contributed by atoms with Crippen LogP contribution in [0.5, 0.6) is 0 Å². The highest BCUT2D eigenvalue weighted by Crippen LogP contribution is 2.55. The molecule has 2 aromatic carbocycles. The Labute approximate surface area is 237 Å². The molecule has 1 nitrogen and oxygen atoms in total. The fraction of sp³-hybridized carbons (Fsp3) is 0.448. The second-order valence-electron chi connectivity index (χ2n) is 11.3. The summed E-state index contributed by atoms with van der Waals surface area (Å²) in [6, 6.07) is 0. The molecule has 0 amide bonds. The molecule has 0 radical (unpaired) electrons. The summed E-state index contributed by atoms with van der Waals surface area (Å²) in [4.78, 5) is -0.472. The second-order valence-corrected chi connectivity index (χ2v) is 11.3. The topological polar surface area (TPSA) is 3.24 Å². The molecule has 4 rings (SSSR count). The van der Waals surface area contributed by atoms with Crippen molar-refractivity contribution in [3.8, 4) is 0 Å². The minimum atomic E-state index is -4.78. The Morgan fingerprint density at radius 2 is 1.26 bits per heavy atom. The van der Waals surface area contributed by atoms with Gasteiger partial charge in [-0.3, -0.25) is 0 Å². The maximum atomic E-state index is 17.0. The lowest BCUT2D eigenvalue weighted by molar-refractivity contribution is 0.0606. The van der Waals surface area contributed by atoms with Crippen molar-refractivity contribution in [2.24, 2.45) is 5.41 Å². The van der Waals surface area contributed by atoms with Crippen molar-refractivity contribution in [1.82, 2.24) is 0 Å². The molecule has 0 fully saturated rings. The van der Waals surface area contributed by atoms with Crippen LogP contribution >= 0.6 is 0 Å². The molecule has 14 heteroatoms. The van der Waals surface area contributed by atoms with Crippen LogP contribution in [0, 0.1) is 46.1 Å². The van der Waals surface area contributed by atoms with E-state index in [4.69, 9.17) is 0 Å². The van der Waals surface area contributed by atoms with Crippen LogP contribution in [0.15, 0.2) is 34.5 Å². The highest BCUT2D eigenvalue weighted by Gasteiger charge is 2.60. The summed E-state index contributed by atoms with van der Waals surface area (Å²) >= 11 is 0. The van der Waals surface area contributed by atoms with E-state index < -0.39 is 127 Å². The van der Waals surface area contributed by atoms with Gasteiger partial charge in [0.05, 0.1) is 16.5 Å². The lowest BCUT2D eigenvalue weighted by atomic mass is 9.82. The summed E-state index contributed by atoms with van der Waals surface area (Å²) in [7, 11) is 0. The third-order valence-electron chi connectivity index (χ3n) is 7.76. The maximum absolute atomic E-state index is 17.0. The molecule has 0 aliphatic heterocycles. The van der Waals surface area contributed by atoms with E-state index in [1.807, 2.05) is 6.92 Å². The average Bonchev–Trinajstić information content (AvgIpc) is 3.26. The minimum absolute atomic E-state index is 0.0320. The highest BCUT2D eigenvalue weighted by molar-refractivity contribution is 5.97. The highest BCUT2D eigenvalue weighted by atomic mass is 19.2. The number of alkyl halides is 2. The summed E-state index contributed by atoms with van der Waals surface area (Å²) in [5, 5.41) is -4.10. The molecule has 0 aromatic heterocycles. The second kappa shape index (κ2) is 11.4. The largest absolute Gasteiger partial charge is 0.327 e. The van der Waals surface area contributed by atoms with Gasteiger partial charge in [-0.05, 0) is 11.8 Å². The number of nitrogens with zero attached hydrogens (tertiary/aromatic N) is 1. The van der Waals surface area contributed by atoms with E-state index in [1.165, 1.54) is 13.8 Å². The van der Waals surface area contributed by atoms with Crippen molar-refractivity contribution in [3.05, 3.63) is 75.2 Å². The van der Waals surface area contributed by atoms with Gasteiger partial charge in [0.25, 0.3) is 5.79 Å². The number of halogens is 13. The molecule has 236 valence electrons. The molecular weight excluding hydrogens is 609 g/mol. The fourth-order valence-electron chi connectivity index (χ4n) is 5.54. The van der Waals surface area contributed by atoms with E-state index in [2.05, 4.69) is 0 Å². The first kappa shape index (κ1) is 32.7. The fourth-order valence-corrected chi connectivity index (χ4v) is 5.54. The van der Waals surface area contributed by atoms with E-state index in [0.717, 1.165) is 6.42 Å². The Balaban J connectivity index is 2.09. The van der Waals surface area contributed by atoms with Crippen molar-refractivity contribution in [1.29, 1.82) is 0 Å². The number of allylic oxidation sites excluding steroid dienone is 4. The van der Waals surface area contributed by atoms with Gasteiger partial charge in [0, 0.05) is 24.1 Å². The SMILES string of the molecule is CCCCCCC(C)(C)CN(c1c(F)c(F)c(F)c2c(F)c(F)c(F)c(F)c12)C1(F)C(F)=C(F)C2=C(C(F)=C(F)C2)C1F. The van der Waals surface area contributed by atoms with Gasteiger partial charge in [-0.2, -0.15) is 0 Å². The Morgan fingerprint density at radius 1 is 0.721 bits per heavy atom. The Kier molecular flexibility index (Phi) is 8.66. The molecule has 0 saturated heterocycles. The average molecular weight is 633 g/mol. The predicted molar refractivity (Wildman–Crippen MR) is 132 cm³/mol. The molecule has 2 aliphatic carbocycles. The van der Waals surface area contributed by atoms with Gasteiger partial charge in [0.15, 0.2) is 64.4 Å². The van der Waals surface area contributed by atoms with Crippen LogP contribution in [0.25, 0.3) is 10.8 Å². The molecule has 0 bridgehead atoms. The van der Waals surface area contributed by atoms with Crippen LogP contribution in [0.2, 0.25) is 0 Å². The standard InChI is InChI=1S/C29H24F13N/c1-4-5-6-7-8-28(2,3)10-43(29(42)26(40)13-11(16(31)27(29)41)9-12(30)17(13)32)25-15-14(19(34)23(38)24(25)39)18(33)21(36)22(37)20(15)35/h26H,4-10H2,1-3H3. The third-order valence-corrected chi connectivity index (χ3v) is 7.76. The van der Waals surface area contributed by atoms with Gasteiger partial charge in [-0.1, -0.05) is 46.5 Å². The van der Waals surface area contributed by atoms with Crippen molar-refractivity contribution in [2.45, 2.75) is 71.3 Å². The van der Waals surface area contributed by atoms with Crippen molar-refractivity contribution < 1.29 is 57.1 Å². The van der Waals surface area contributed by atoms with Gasteiger partial charge in [-0.15, -0.1) is 0 Å². The molecule has 2 atom stereocenters. The monoisotopic (exact) mass is 633 g/mol. The molecule has 0 N–H and O–H groups in total. The van der Waals surface area contributed by atoms with Gasteiger partial charge in [-0.25, -0.2) is 57.1 Å². The number of fused-ring (bicyclic) bond motifs is 1. The van der Waals surface area contributed by atoms with Crippen LogP contribution in [0.4, 0.5) is 62.8 Å². The molecule has 0 heterocycles. The molecular formula is C29H24F13N. The zero-order chi connectivity index (χ0) is 32.3. The molecule has 0 spiro atoms. The summed E-state index contributed by atoms with van der Waals surface area (Å²) < 4.78 is 196. The van der Waals surface area contributed by atoms with Crippen LogP contribution in [-0.4, -0.2) is 18.5 Å². The van der Waals surface area contributed by atoms with Crippen LogP contribution < -0.4 is 4.90 Å². The van der Waals surface area contributed by atoms with Crippen molar-refractivity contribution >= 4 is 16.5 Å². The Hall–Kier alpha value is -3.19. The first-order chi connectivity index (χ1) is 19.9. The van der Waals surface area contributed by atoms with E-state index in [9.17, 15) is 30.7 Å². The van der Waals surface area contributed by atoms with Crippen LogP contribution in [0.3, 0.4) is 0 Å². The van der Waals surface area contributed by atoms with Crippen molar-refractivity contribution in [2.75, 3.05) is 11.4 Å². The predicted octanol–water partition coefficient (Wildman–Crippen LogP) is 10.6. The number of hydrogen-bond acceptors (Lipinski definition) is 1. The lowest BCUT2D eigenvalue weighted by Gasteiger charge is -2.46. The smallest absolute Gasteiger partial charge is 0.273 e. The molecule has 43 heavy (non-hydrogen) atoms. The summed E-state index contributed by atoms with van der Waals surface area (Å²) in [6.45, 7) is 3.26. The maximum Gasteiger partial charge on any atom is 0.273 e. The van der Waals surface area contributed by atoms with Crippen molar-refractivity contribution in [3.63, 3.8) is 0 Å². The van der Waals surface area contributed by atoms with E-state index in [1.54, 1.807) is 0 Å². The first-order valence-corrected chi connectivity index (χ1v) is 13.2. The number of unbranched alkanes of at least 4 members (excludes halogenated alkanes) is 3. The number of anilines is 1. The van der Waals surface area contributed by atoms with Gasteiger partial charge in [0.1, 0.15) is 5.83 Å². The Bertz CT molecular complexity index is 1580. The lowest BCUT2D eigenvalue weighted by Crippen LogP contribution is -2.58. The molecule has 2 unspecified atom stereocenters. The number of hydrogen-bond donors (Lipinski definition) is 0. The van der Waals surface area contributed by atoms with Crippen LogP contribution in [0.1, 0.15) is 59.3 Å². The first-order valence-electron chi connectivity index (χ1n) is 13.2. The Morgan fingerprint density at radius 3 is 1.81 bits per heavy atom. The van der Waals surface area contributed by atoms with Gasteiger partial charge in [0.2, 0.25) is 0 Å². The summed E-state index contributed by atoms with van der Waals surface area (Å²) in [6.07, 6.45) is -2.68. The van der Waals surface area contributed by atoms with E-state index in [-0.39, 0.29) is 6.42 Å². The van der Waals surface area contributed by atoms with Crippen LogP contribution in [-0.2, 0) is 0 Å². The third kappa shape index (κ3) is 4.98. The quantitative estimate of drug-likeness (QED) is 0.0874.